The quantitative estimate of drug-likeness (QED) is 0.312. The summed E-state index contributed by atoms with van der Waals surface area (Å²) < 4.78 is 0. The Bertz CT molecular complexity index is 1120. The number of Topliss-reactive ketones (excluding diaryl/α,β-unsaturated/α-hetero) is 1. The first-order valence-corrected chi connectivity index (χ1v) is 11.0. The number of para-hydroxylation sites is 1. The van der Waals surface area contributed by atoms with Crippen molar-refractivity contribution in [2.75, 3.05) is 16.0 Å². The van der Waals surface area contributed by atoms with Crippen molar-refractivity contribution < 1.29 is 24.3 Å². The second kappa shape index (κ2) is 12.2. The van der Waals surface area contributed by atoms with E-state index in [0.717, 1.165) is 5.56 Å². The number of benzene rings is 2. The molecule has 184 valence electrons. The van der Waals surface area contributed by atoms with Crippen LogP contribution in [0.3, 0.4) is 0 Å². The molecule has 9 nitrogen and oxygen atoms in total. The second-order valence-corrected chi connectivity index (χ2v) is 8.53. The molecule has 1 unspecified atom stereocenters. The normalized spacial score (nSPS) is 11.5. The van der Waals surface area contributed by atoms with Crippen LogP contribution >= 0.6 is 0 Å². The van der Waals surface area contributed by atoms with Crippen LogP contribution in [0.5, 0.6) is 0 Å². The van der Waals surface area contributed by atoms with Crippen molar-refractivity contribution in [2.45, 2.75) is 51.6 Å². The zero-order valence-electron chi connectivity index (χ0n) is 20.0. The molecular formula is C26H30N4O5. The van der Waals surface area contributed by atoms with Crippen LogP contribution in [-0.4, -0.2) is 40.4 Å². The van der Waals surface area contributed by atoms with E-state index < -0.39 is 23.5 Å². The Morgan fingerprint density at radius 1 is 0.971 bits per heavy atom. The second-order valence-electron chi connectivity index (χ2n) is 8.53. The molecule has 2 rings (SSSR count). The van der Waals surface area contributed by atoms with Crippen LogP contribution in [0.1, 0.15) is 38.7 Å². The highest BCUT2D eigenvalue weighted by Crippen LogP contribution is 2.21. The zero-order chi connectivity index (χ0) is 26.0. The molecular weight excluding hydrogens is 448 g/mol. The summed E-state index contributed by atoms with van der Waals surface area (Å²) in [6, 6.07) is 13.0. The average molecular weight is 479 g/mol. The first kappa shape index (κ1) is 26.9. The Hall–Kier alpha value is -4.32. The maximum Gasteiger partial charge on any atom is 0.323 e. The molecule has 5 N–H and O–H groups in total. The summed E-state index contributed by atoms with van der Waals surface area (Å²) in [7, 11) is 0. The van der Waals surface area contributed by atoms with Crippen molar-refractivity contribution in [1.82, 2.24) is 5.32 Å². The number of ketones is 1. The lowest BCUT2D eigenvalue weighted by Crippen LogP contribution is -2.41. The Labute approximate surface area is 204 Å². The lowest BCUT2D eigenvalue weighted by atomic mass is 9.94. The van der Waals surface area contributed by atoms with Gasteiger partial charge in [0.05, 0.1) is 12.0 Å². The van der Waals surface area contributed by atoms with E-state index in [1.54, 1.807) is 38.1 Å². The average Bonchev–Trinajstić information content (AvgIpc) is 2.79. The minimum absolute atomic E-state index is 0.0467. The molecule has 0 spiro atoms. The van der Waals surface area contributed by atoms with Gasteiger partial charge in [0.25, 0.3) is 0 Å². The molecule has 0 aliphatic rings. The molecule has 0 aliphatic carbocycles. The molecule has 0 heterocycles. The largest absolute Gasteiger partial charge is 0.481 e. The van der Waals surface area contributed by atoms with Crippen LogP contribution < -0.4 is 21.3 Å². The van der Waals surface area contributed by atoms with Gasteiger partial charge in [-0.3, -0.25) is 14.4 Å². The number of terminal acetylenes is 1. The minimum Gasteiger partial charge on any atom is -0.481 e. The molecule has 9 heteroatoms. The van der Waals surface area contributed by atoms with Crippen molar-refractivity contribution >= 4 is 40.8 Å². The van der Waals surface area contributed by atoms with Crippen LogP contribution in [-0.2, 0) is 14.4 Å². The van der Waals surface area contributed by atoms with E-state index in [9.17, 15) is 19.2 Å². The molecule has 0 fully saturated rings. The number of carbonyl (C=O) groups is 4. The van der Waals surface area contributed by atoms with Crippen molar-refractivity contribution in [3.63, 3.8) is 0 Å². The van der Waals surface area contributed by atoms with Gasteiger partial charge in [-0.25, -0.2) is 4.79 Å². The van der Waals surface area contributed by atoms with Crippen LogP contribution in [0.4, 0.5) is 21.9 Å². The summed E-state index contributed by atoms with van der Waals surface area (Å²) in [4.78, 5) is 47.7. The van der Waals surface area contributed by atoms with E-state index in [1.807, 2.05) is 31.2 Å². The molecule has 0 radical (unpaired) electrons. The van der Waals surface area contributed by atoms with Crippen LogP contribution in [0.15, 0.2) is 48.5 Å². The van der Waals surface area contributed by atoms with Gasteiger partial charge in [0.15, 0.2) is 5.78 Å². The third-order valence-electron chi connectivity index (χ3n) is 5.18. The maximum absolute atomic E-state index is 12.7. The number of hydrogen-bond acceptors (Lipinski definition) is 5. The summed E-state index contributed by atoms with van der Waals surface area (Å²) in [5.41, 5.74) is 1.93. The van der Waals surface area contributed by atoms with Crippen LogP contribution in [0.2, 0.25) is 0 Å². The predicted octanol–water partition coefficient (Wildman–Crippen LogP) is 3.77. The fourth-order valence-electron chi connectivity index (χ4n) is 3.20. The van der Waals surface area contributed by atoms with E-state index in [2.05, 4.69) is 27.2 Å². The minimum atomic E-state index is -1.12. The van der Waals surface area contributed by atoms with E-state index in [4.69, 9.17) is 11.5 Å². The molecule has 1 atom stereocenters. The monoisotopic (exact) mass is 478 g/mol. The predicted molar refractivity (Wildman–Crippen MR) is 135 cm³/mol. The summed E-state index contributed by atoms with van der Waals surface area (Å²) in [5, 5.41) is 19.9. The van der Waals surface area contributed by atoms with E-state index in [1.165, 1.54) is 0 Å². The lowest BCUT2D eigenvalue weighted by Gasteiger charge is -2.26. The first-order chi connectivity index (χ1) is 16.5. The maximum atomic E-state index is 12.7. The molecule has 2 aromatic rings. The van der Waals surface area contributed by atoms with Crippen molar-refractivity contribution in [1.29, 1.82) is 0 Å². The van der Waals surface area contributed by atoms with E-state index in [0.29, 0.717) is 17.1 Å². The van der Waals surface area contributed by atoms with Crippen LogP contribution in [0.25, 0.3) is 0 Å². The lowest BCUT2D eigenvalue weighted by molar-refractivity contribution is -0.137. The molecule has 2 aromatic carbocycles. The SMILES string of the molecule is C#CC(CC(=O)O)NC(=O)CCC(=O)C(C)(C)Nc1ccc(NC(=O)Nc2ccccc2C)cc1. The fraction of sp³-hybridized carbons (Fsp3) is 0.308. The number of anilines is 3. The van der Waals surface area contributed by atoms with Gasteiger partial charge in [-0.05, 0) is 56.7 Å². The number of rotatable bonds is 11. The summed E-state index contributed by atoms with van der Waals surface area (Å²) >= 11 is 0. The van der Waals surface area contributed by atoms with Crippen molar-refractivity contribution in [3.05, 3.63) is 54.1 Å². The van der Waals surface area contributed by atoms with Gasteiger partial charge in [-0.2, -0.15) is 0 Å². The van der Waals surface area contributed by atoms with Gasteiger partial charge in [0, 0.05) is 29.9 Å². The molecule has 3 amide bonds. The van der Waals surface area contributed by atoms with Gasteiger partial charge in [-0.1, -0.05) is 24.1 Å². The number of amides is 3. The number of nitrogens with one attached hydrogen (secondary N) is 4. The Kier molecular flexibility index (Phi) is 9.41. The standard InChI is InChI=1S/C26H30N4O5/c1-5-18(16-24(33)34)27-23(32)15-14-22(31)26(3,4)30-20-12-10-19(11-13-20)28-25(35)29-21-9-7-6-8-17(21)2/h1,6-13,18,30H,14-16H2,2-4H3,(H,27,32)(H,33,34)(H2,28,29,35). The van der Waals surface area contributed by atoms with Gasteiger partial charge in [0.2, 0.25) is 5.91 Å². The van der Waals surface area contributed by atoms with Crippen LogP contribution in [0, 0.1) is 19.3 Å². The van der Waals surface area contributed by atoms with Gasteiger partial charge < -0.3 is 26.4 Å². The number of hydrogen-bond donors (Lipinski definition) is 5. The number of aliphatic carboxylic acids is 1. The number of carbonyl (C=O) groups excluding carboxylic acids is 3. The Balaban J connectivity index is 1.86. The third kappa shape index (κ3) is 8.85. The Morgan fingerprint density at radius 3 is 2.20 bits per heavy atom. The highest BCUT2D eigenvalue weighted by atomic mass is 16.4. The summed E-state index contributed by atoms with van der Waals surface area (Å²) in [6.45, 7) is 5.30. The van der Waals surface area contributed by atoms with Crippen molar-refractivity contribution in [2.24, 2.45) is 0 Å². The number of aryl methyl sites for hydroxylation is 1. The first-order valence-electron chi connectivity index (χ1n) is 11.0. The highest BCUT2D eigenvalue weighted by molar-refractivity contribution is 6.00. The van der Waals surface area contributed by atoms with Gasteiger partial charge >= 0.3 is 12.0 Å². The third-order valence-corrected chi connectivity index (χ3v) is 5.18. The van der Waals surface area contributed by atoms with Gasteiger partial charge in [0.1, 0.15) is 6.04 Å². The molecule has 35 heavy (non-hydrogen) atoms. The van der Waals surface area contributed by atoms with E-state index >= 15 is 0 Å². The highest BCUT2D eigenvalue weighted by Gasteiger charge is 2.27. The number of carboxylic acid groups (broad SMARTS) is 1. The van der Waals surface area contributed by atoms with Gasteiger partial charge in [-0.15, -0.1) is 6.42 Å². The molecule has 0 aliphatic heterocycles. The number of carboxylic acids is 1. The molecule has 0 aromatic heterocycles. The Morgan fingerprint density at radius 2 is 1.60 bits per heavy atom. The molecule has 0 saturated heterocycles. The molecule has 0 saturated carbocycles. The van der Waals surface area contributed by atoms with E-state index in [-0.39, 0.29) is 31.1 Å². The summed E-state index contributed by atoms with van der Waals surface area (Å²) in [5.74, 6) is 0.389. The fourth-order valence-corrected chi connectivity index (χ4v) is 3.20. The summed E-state index contributed by atoms with van der Waals surface area (Å²) in [6.07, 6.45) is 4.68. The molecule has 0 bridgehead atoms. The van der Waals surface area contributed by atoms with Crippen molar-refractivity contribution in [3.8, 4) is 12.3 Å². The number of urea groups is 1. The smallest absolute Gasteiger partial charge is 0.323 e. The topological polar surface area (TPSA) is 137 Å². The zero-order valence-corrected chi connectivity index (χ0v) is 20.0.